The minimum atomic E-state index is -1.13. The molecule has 2 N–H and O–H groups in total. The molecule has 0 aliphatic rings. The monoisotopic (exact) mass is 491 g/mol. The van der Waals surface area contributed by atoms with Crippen LogP contribution in [-0.4, -0.2) is 43.5 Å². The van der Waals surface area contributed by atoms with E-state index in [4.69, 9.17) is 16.3 Å². The lowest BCUT2D eigenvalue weighted by Gasteiger charge is -2.15. The number of nitrogens with one attached hydrogen (secondary N) is 2. The number of hydrogen-bond donors (Lipinski definition) is 2. The molecule has 0 aromatic carbocycles. The molecule has 1 atom stereocenters. The topological polar surface area (TPSA) is 124 Å². The van der Waals surface area contributed by atoms with E-state index < -0.39 is 24.0 Å². The zero-order chi connectivity index (χ0) is 24.8. The van der Waals surface area contributed by atoms with Gasteiger partial charge in [-0.1, -0.05) is 23.4 Å². The molecule has 0 fully saturated rings. The van der Waals surface area contributed by atoms with Gasteiger partial charge in [-0.3, -0.25) is 15.1 Å². The summed E-state index contributed by atoms with van der Waals surface area (Å²) in [6, 6.07) is 3.96. The van der Waals surface area contributed by atoms with E-state index in [2.05, 4.69) is 37.5 Å². The third kappa shape index (κ3) is 6.10. The second-order valence-electron chi connectivity index (χ2n) is 7.07. The zero-order valence-electron chi connectivity index (χ0n) is 18.2. The molecule has 0 unspecified atom stereocenters. The van der Waals surface area contributed by atoms with Crippen LogP contribution in [-0.2, 0) is 11.8 Å². The number of ether oxygens (including phenoxy) is 1. The summed E-state index contributed by atoms with van der Waals surface area (Å²) >= 11 is 5.67. The van der Waals surface area contributed by atoms with Crippen LogP contribution in [0.1, 0.15) is 35.4 Å². The molecule has 0 bridgehead atoms. The van der Waals surface area contributed by atoms with Crippen LogP contribution in [0, 0.1) is 11.8 Å². The summed E-state index contributed by atoms with van der Waals surface area (Å²) < 4.78 is 33.6. The number of carbonyl (C=O) groups excluding carboxylic acids is 2. The van der Waals surface area contributed by atoms with Gasteiger partial charge in [-0.2, -0.15) is 4.39 Å². The molecule has 2 amide bonds. The standard InChI is InChI=1S/C21H20ClF2N7O3/c1-11(22)6-7-25-20(32)13-4-5-16(26-9-13)17-19(31(3)30-29-17)28-21(33)34-12(2)15-8-14(23)10-27-18(15)24/h4-5,8-10,12H,1,6-7H2,2-3H3,(H,25,32)(H,28,33)/t12-/m1/s1. The van der Waals surface area contributed by atoms with Crippen molar-refractivity contribution in [2.75, 3.05) is 11.9 Å². The molecule has 34 heavy (non-hydrogen) atoms. The first-order valence-corrected chi connectivity index (χ1v) is 10.3. The minimum absolute atomic E-state index is 0.139. The first kappa shape index (κ1) is 24.7. The van der Waals surface area contributed by atoms with Crippen LogP contribution in [0.5, 0.6) is 0 Å². The predicted octanol–water partition coefficient (Wildman–Crippen LogP) is 3.73. The fourth-order valence-corrected chi connectivity index (χ4v) is 2.92. The highest BCUT2D eigenvalue weighted by Crippen LogP contribution is 2.25. The maximum Gasteiger partial charge on any atom is 0.413 e. The molecule has 3 rings (SSSR count). The minimum Gasteiger partial charge on any atom is -0.441 e. The number of aromatic nitrogens is 5. The Morgan fingerprint density at radius 3 is 2.71 bits per heavy atom. The van der Waals surface area contributed by atoms with Crippen molar-refractivity contribution in [1.29, 1.82) is 0 Å². The van der Waals surface area contributed by atoms with Gasteiger partial charge in [0.15, 0.2) is 11.5 Å². The fraction of sp³-hybridized carbons (Fsp3) is 0.238. The summed E-state index contributed by atoms with van der Waals surface area (Å²) in [7, 11) is 1.53. The Morgan fingerprint density at radius 2 is 2.03 bits per heavy atom. The molecule has 0 saturated carbocycles. The van der Waals surface area contributed by atoms with Crippen molar-refractivity contribution in [3.05, 3.63) is 65.1 Å². The van der Waals surface area contributed by atoms with Crippen LogP contribution in [0.25, 0.3) is 11.4 Å². The normalized spacial score (nSPS) is 11.6. The maximum absolute atomic E-state index is 13.8. The van der Waals surface area contributed by atoms with E-state index in [0.29, 0.717) is 29.3 Å². The molecule has 0 saturated heterocycles. The lowest BCUT2D eigenvalue weighted by atomic mass is 10.2. The van der Waals surface area contributed by atoms with Gasteiger partial charge in [0.1, 0.15) is 11.9 Å². The van der Waals surface area contributed by atoms with Gasteiger partial charge in [0.25, 0.3) is 5.91 Å². The summed E-state index contributed by atoms with van der Waals surface area (Å²) in [5.74, 6) is -1.92. The van der Waals surface area contributed by atoms with Gasteiger partial charge in [0.2, 0.25) is 5.95 Å². The SMILES string of the molecule is C=C(Cl)CCNC(=O)c1ccc(-c2nnn(C)c2NC(=O)O[C@H](C)c2cc(F)cnc2F)nc1. The van der Waals surface area contributed by atoms with Crippen molar-refractivity contribution >= 4 is 29.4 Å². The molecule has 178 valence electrons. The second kappa shape index (κ2) is 10.8. The second-order valence-corrected chi connectivity index (χ2v) is 7.61. The molecule has 3 aromatic heterocycles. The summed E-state index contributed by atoms with van der Waals surface area (Å²) in [6.45, 7) is 5.25. The van der Waals surface area contributed by atoms with Crippen molar-refractivity contribution < 1.29 is 23.1 Å². The third-order valence-electron chi connectivity index (χ3n) is 4.55. The van der Waals surface area contributed by atoms with Crippen LogP contribution in [0.15, 0.2) is 42.2 Å². The summed E-state index contributed by atoms with van der Waals surface area (Å²) in [4.78, 5) is 32.0. The quantitative estimate of drug-likeness (QED) is 0.460. The van der Waals surface area contributed by atoms with Crippen LogP contribution >= 0.6 is 11.6 Å². The zero-order valence-corrected chi connectivity index (χ0v) is 18.9. The number of amides is 2. The van der Waals surface area contributed by atoms with E-state index in [9.17, 15) is 18.4 Å². The van der Waals surface area contributed by atoms with Crippen molar-refractivity contribution in [3.8, 4) is 11.4 Å². The van der Waals surface area contributed by atoms with Crippen LogP contribution in [0.4, 0.5) is 19.4 Å². The number of halogens is 3. The number of nitrogens with zero attached hydrogens (tertiary/aromatic N) is 5. The summed E-state index contributed by atoms with van der Waals surface area (Å²) in [6.07, 6.45) is 0.417. The molecule has 10 nitrogen and oxygen atoms in total. The number of pyridine rings is 2. The highest BCUT2D eigenvalue weighted by Gasteiger charge is 2.21. The van der Waals surface area contributed by atoms with Crippen LogP contribution in [0.2, 0.25) is 0 Å². The lowest BCUT2D eigenvalue weighted by Crippen LogP contribution is -2.24. The highest BCUT2D eigenvalue weighted by atomic mass is 35.5. The van der Waals surface area contributed by atoms with Gasteiger partial charge in [0, 0.05) is 24.8 Å². The van der Waals surface area contributed by atoms with E-state index in [1.165, 1.54) is 37.0 Å². The van der Waals surface area contributed by atoms with E-state index in [-0.39, 0.29) is 23.0 Å². The Hall–Kier alpha value is -3.93. The fourth-order valence-electron chi connectivity index (χ4n) is 2.83. The van der Waals surface area contributed by atoms with Gasteiger partial charge in [-0.25, -0.2) is 18.9 Å². The van der Waals surface area contributed by atoms with E-state index in [0.717, 1.165) is 12.3 Å². The Morgan fingerprint density at radius 1 is 1.26 bits per heavy atom. The lowest BCUT2D eigenvalue weighted by molar-refractivity contribution is 0.0953. The molecule has 0 spiro atoms. The molecule has 0 aliphatic heterocycles. The number of anilines is 1. The van der Waals surface area contributed by atoms with Gasteiger partial charge < -0.3 is 10.1 Å². The molecule has 13 heteroatoms. The smallest absolute Gasteiger partial charge is 0.413 e. The Labute approximate surface area is 198 Å². The molecule has 3 heterocycles. The molecular weight excluding hydrogens is 472 g/mol. The number of carbonyl (C=O) groups is 2. The van der Waals surface area contributed by atoms with Gasteiger partial charge in [-0.05, 0) is 31.5 Å². The van der Waals surface area contributed by atoms with Gasteiger partial charge in [-0.15, -0.1) is 5.10 Å². The Bertz CT molecular complexity index is 1220. The first-order chi connectivity index (χ1) is 16.2. The van der Waals surface area contributed by atoms with E-state index >= 15 is 0 Å². The highest BCUT2D eigenvalue weighted by molar-refractivity contribution is 6.29. The summed E-state index contributed by atoms with van der Waals surface area (Å²) in [5, 5.41) is 13.4. The van der Waals surface area contributed by atoms with Crippen molar-refractivity contribution in [2.45, 2.75) is 19.4 Å². The number of aryl methyl sites for hydroxylation is 1. The van der Waals surface area contributed by atoms with Crippen molar-refractivity contribution in [3.63, 3.8) is 0 Å². The van der Waals surface area contributed by atoms with E-state index in [1.54, 1.807) is 0 Å². The molecule has 0 aliphatic carbocycles. The Balaban J connectivity index is 1.70. The number of hydrogen-bond acceptors (Lipinski definition) is 7. The van der Waals surface area contributed by atoms with Crippen molar-refractivity contribution in [2.24, 2.45) is 7.05 Å². The average molecular weight is 492 g/mol. The maximum atomic E-state index is 13.8. The van der Waals surface area contributed by atoms with Crippen LogP contribution in [0.3, 0.4) is 0 Å². The van der Waals surface area contributed by atoms with Gasteiger partial charge in [0.05, 0.1) is 23.0 Å². The first-order valence-electron chi connectivity index (χ1n) is 9.92. The predicted molar refractivity (Wildman–Crippen MR) is 119 cm³/mol. The summed E-state index contributed by atoms with van der Waals surface area (Å²) in [5.41, 5.74) is 0.615. The number of rotatable bonds is 8. The third-order valence-corrected chi connectivity index (χ3v) is 4.74. The van der Waals surface area contributed by atoms with Crippen LogP contribution < -0.4 is 10.6 Å². The molecular formula is C21H20ClF2N7O3. The van der Waals surface area contributed by atoms with E-state index in [1.807, 2.05) is 0 Å². The molecule has 3 aromatic rings. The largest absolute Gasteiger partial charge is 0.441 e. The average Bonchev–Trinajstić information content (AvgIpc) is 3.15. The molecule has 0 radical (unpaired) electrons. The van der Waals surface area contributed by atoms with Crippen molar-refractivity contribution in [1.82, 2.24) is 30.3 Å². The Kier molecular flexibility index (Phi) is 7.84. The van der Waals surface area contributed by atoms with Gasteiger partial charge >= 0.3 is 6.09 Å².